The molecule has 0 bridgehead atoms. The highest BCUT2D eigenvalue weighted by Crippen LogP contribution is 2.45. The Morgan fingerprint density at radius 3 is 2.80 bits per heavy atom. The number of fused-ring (bicyclic) bond motifs is 1. The summed E-state index contributed by atoms with van der Waals surface area (Å²) in [5.41, 5.74) is 1.28. The second kappa shape index (κ2) is 2.95. The fourth-order valence-electron chi connectivity index (χ4n) is 2.11. The third kappa shape index (κ3) is 1.28. The van der Waals surface area contributed by atoms with Gasteiger partial charge in [-0.2, -0.15) is 0 Å². The Hall–Kier alpha value is -1.58. The predicted octanol–water partition coefficient (Wildman–Crippen LogP) is 2.55. The minimum atomic E-state index is -0.648. The minimum absolute atomic E-state index is 0.000648. The smallest absolute Gasteiger partial charge is 0.329 e. The largest absolute Gasteiger partial charge is 0.350 e. The number of rotatable bonds is 1. The van der Waals surface area contributed by atoms with Crippen molar-refractivity contribution in [2.75, 3.05) is 5.12 Å². The summed E-state index contributed by atoms with van der Waals surface area (Å²) in [6, 6.07) is 6.49. The number of halogens is 1. The first kappa shape index (κ1) is 8.71. The van der Waals surface area contributed by atoms with Crippen LogP contribution in [-0.2, 0) is 0 Å². The van der Waals surface area contributed by atoms with Gasteiger partial charge in [0, 0.05) is 5.56 Å². The fraction of sp³-hybridized carbons (Fsp3) is 0.364. The minimum Gasteiger partial charge on any atom is -0.329 e. The molecular formula is C11H11FN2O. The molecule has 0 aromatic heterocycles. The van der Waals surface area contributed by atoms with E-state index in [1.807, 2.05) is 12.1 Å². The summed E-state index contributed by atoms with van der Waals surface area (Å²) >= 11 is 0. The van der Waals surface area contributed by atoms with Crippen molar-refractivity contribution in [2.24, 2.45) is 5.92 Å². The number of urea groups is 1. The first-order valence-corrected chi connectivity index (χ1v) is 5.12. The molecule has 0 radical (unpaired) electrons. The molecule has 1 N–H and O–H groups in total. The molecule has 3 nitrogen and oxygen atoms in total. The van der Waals surface area contributed by atoms with Gasteiger partial charge >= 0.3 is 6.03 Å². The van der Waals surface area contributed by atoms with Crippen molar-refractivity contribution in [3.8, 4) is 0 Å². The zero-order chi connectivity index (χ0) is 10.4. The van der Waals surface area contributed by atoms with Crippen LogP contribution in [0, 0.1) is 5.92 Å². The summed E-state index contributed by atoms with van der Waals surface area (Å²) < 4.78 is 13.4. The molecule has 3 rings (SSSR count). The summed E-state index contributed by atoms with van der Waals surface area (Å²) in [7, 11) is 0. The van der Waals surface area contributed by atoms with Gasteiger partial charge in [0.1, 0.15) is 0 Å². The zero-order valence-electron chi connectivity index (χ0n) is 8.11. The molecule has 1 aromatic rings. The zero-order valence-corrected chi connectivity index (χ0v) is 8.11. The van der Waals surface area contributed by atoms with Crippen molar-refractivity contribution >= 4 is 11.7 Å². The van der Waals surface area contributed by atoms with E-state index >= 15 is 0 Å². The van der Waals surface area contributed by atoms with Crippen molar-refractivity contribution in [1.29, 1.82) is 0 Å². The second-order valence-electron chi connectivity index (χ2n) is 4.10. The Kier molecular flexibility index (Phi) is 1.71. The lowest BCUT2D eigenvalue weighted by Gasteiger charge is -2.29. The van der Waals surface area contributed by atoms with Crippen LogP contribution in [0.3, 0.4) is 0 Å². The molecule has 1 aliphatic carbocycles. The summed E-state index contributed by atoms with van der Waals surface area (Å²) in [6.07, 6.45) is 2.23. The average molecular weight is 206 g/mol. The van der Waals surface area contributed by atoms with Crippen molar-refractivity contribution in [1.82, 2.24) is 5.32 Å². The predicted molar refractivity (Wildman–Crippen MR) is 54.0 cm³/mol. The maximum absolute atomic E-state index is 13.4. The summed E-state index contributed by atoms with van der Waals surface area (Å²) in [6.45, 7) is 0. The van der Waals surface area contributed by atoms with Crippen molar-refractivity contribution < 1.29 is 9.28 Å². The van der Waals surface area contributed by atoms with Gasteiger partial charge in [-0.3, -0.25) is 0 Å². The van der Waals surface area contributed by atoms with Gasteiger partial charge in [-0.05, 0) is 24.8 Å². The maximum atomic E-state index is 13.4. The standard InChI is InChI=1S/C11H11FN2O/c12-14-9-4-2-1-3-8(9)10(7-5-6-7)13-11(14)15/h1-4,7,10H,5-6H2,(H,13,15)/t10-/m0/s1. The number of carbonyl (C=O) groups excluding carboxylic acids is 1. The molecule has 78 valence electrons. The Morgan fingerprint density at radius 1 is 1.33 bits per heavy atom. The van der Waals surface area contributed by atoms with E-state index in [9.17, 15) is 9.28 Å². The van der Waals surface area contributed by atoms with Crippen LogP contribution in [-0.4, -0.2) is 6.03 Å². The van der Waals surface area contributed by atoms with Crippen molar-refractivity contribution in [2.45, 2.75) is 18.9 Å². The molecule has 2 amide bonds. The molecule has 0 unspecified atom stereocenters. The quantitative estimate of drug-likeness (QED) is 0.703. The molecule has 4 heteroatoms. The fourth-order valence-corrected chi connectivity index (χ4v) is 2.11. The van der Waals surface area contributed by atoms with Gasteiger partial charge < -0.3 is 5.32 Å². The lowest BCUT2D eigenvalue weighted by molar-refractivity contribution is 0.224. The van der Waals surface area contributed by atoms with Crippen LogP contribution in [0.4, 0.5) is 15.0 Å². The molecule has 0 spiro atoms. The Bertz CT molecular complexity index is 417. The highest BCUT2D eigenvalue weighted by Gasteiger charge is 2.39. The number of nitrogens with one attached hydrogen (secondary N) is 1. The second-order valence-corrected chi connectivity index (χ2v) is 4.10. The molecular weight excluding hydrogens is 195 g/mol. The van der Waals surface area contributed by atoms with Gasteiger partial charge in [-0.1, -0.05) is 22.7 Å². The average Bonchev–Trinajstić information content (AvgIpc) is 3.07. The van der Waals surface area contributed by atoms with Crippen LogP contribution < -0.4 is 10.4 Å². The van der Waals surface area contributed by atoms with E-state index in [1.165, 1.54) is 0 Å². The topological polar surface area (TPSA) is 32.3 Å². The van der Waals surface area contributed by atoms with Gasteiger partial charge in [0.2, 0.25) is 0 Å². The van der Waals surface area contributed by atoms with Crippen LogP contribution in [0.25, 0.3) is 0 Å². The molecule has 2 aliphatic rings. The lowest BCUT2D eigenvalue weighted by Crippen LogP contribution is -2.43. The van der Waals surface area contributed by atoms with Gasteiger partial charge in [0.15, 0.2) is 0 Å². The number of nitrogens with zero attached hydrogens (tertiary/aromatic N) is 1. The van der Waals surface area contributed by atoms with Crippen LogP contribution in [0.1, 0.15) is 24.4 Å². The first-order valence-electron chi connectivity index (χ1n) is 5.12. The number of hydrogen-bond donors (Lipinski definition) is 1. The van der Waals surface area contributed by atoms with E-state index < -0.39 is 6.03 Å². The SMILES string of the molecule is O=C1N[C@@H](C2CC2)c2ccccc2N1F. The third-order valence-electron chi connectivity index (χ3n) is 3.03. The molecule has 1 atom stereocenters. The molecule has 0 saturated heterocycles. The van der Waals surface area contributed by atoms with E-state index in [4.69, 9.17) is 0 Å². The van der Waals surface area contributed by atoms with E-state index in [2.05, 4.69) is 5.32 Å². The third-order valence-corrected chi connectivity index (χ3v) is 3.03. The van der Waals surface area contributed by atoms with Crippen LogP contribution in [0.15, 0.2) is 24.3 Å². The highest BCUT2D eigenvalue weighted by molar-refractivity contribution is 5.93. The summed E-state index contributed by atoms with van der Waals surface area (Å²) in [4.78, 5) is 11.3. The molecule has 1 aliphatic heterocycles. The molecule has 1 aromatic carbocycles. The summed E-state index contributed by atoms with van der Waals surface area (Å²) in [5, 5.41) is 2.88. The first-order chi connectivity index (χ1) is 7.27. The van der Waals surface area contributed by atoms with Crippen LogP contribution in [0.5, 0.6) is 0 Å². The van der Waals surface area contributed by atoms with E-state index in [1.54, 1.807) is 12.1 Å². The van der Waals surface area contributed by atoms with Crippen molar-refractivity contribution in [3.63, 3.8) is 0 Å². The normalized spacial score (nSPS) is 24.7. The number of hydrogen-bond acceptors (Lipinski definition) is 1. The lowest BCUT2D eigenvalue weighted by atomic mass is 9.99. The number of para-hydroxylation sites is 1. The van der Waals surface area contributed by atoms with Crippen LogP contribution >= 0.6 is 0 Å². The summed E-state index contributed by atoms with van der Waals surface area (Å²) in [5.74, 6) is 0.490. The van der Waals surface area contributed by atoms with E-state index in [-0.39, 0.29) is 11.2 Å². The number of anilines is 1. The Balaban J connectivity index is 2.08. The van der Waals surface area contributed by atoms with Gasteiger partial charge in [-0.15, -0.1) is 5.12 Å². The van der Waals surface area contributed by atoms with Gasteiger partial charge in [0.05, 0.1) is 11.7 Å². The maximum Gasteiger partial charge on any atom is 0.350 e. The van der Waals surface area contributed by atoms with Gasteiger partial charge in [-0.25, -0.2) is 4.79 Å². The number of amides is 2. The molecule has 1 saturated carbocycles. The monoisotopic (exact) mass is 206 g/mol. The van der Waals surface area contributed by atoms with E-state index in [0.717, 1.165) is 18.4 Å². The Morgan fingerprint density at radius 2 is 2.07 bits per heavy atom. The number of carbonyl (C=O) groups is 1. The van der Waals surface area contributed by atoms with Crippen molar-refractivity contribution in [3.05, 3.63) is 29.8 Å². The highest BCUT2D eigenvalue weighted by atomic mass is 19.2. The number of benzene rings is 1. The molecule has 1 fully saturated rings. The molecule has 15 heavy (non-hydrogen) atoms. The van der Waals surface area contributed by atoms with Crippen LogP contribution in [0.2, 0.25) is 0 Å². The van der Waals surface area contributed by atoms with E-state index in [0.29, 0.717) is 11.6 Å². The molecule has 1 heterocycles. The Labute approximate surface area is 86.8 Å². The van der Waals surface area contributed by atoms with Gasteiger partial charge in [0.25, 0.3) is 0 Å².